The molecule has 0 unspecified atom stereocenters. The van der Waals surface area contributed by atoms with Crippen LogP contribution >= 0.6 is 0 Å². The Hall–Kier alpha value is -2.56. The van der Waals surface area contributed by atoms with Crippen molar-refractivity contribution in [2.24, 2.45) is 0 Å². The number of aromatic amines is 1. The topological polar surface area (TPSA) is 71.2 Å². The summed E-state index contributed by atoms with van der Waals surface area (Å²) in [4.78, 5) is 24.9. The van der Waals surface area contributed by atoms with Gasteiger partial charge < -0.3 is 15.0 Å². The van der Waals surface area contributed by atoms with Crippen LogP contribution in [0, 0.1) is 0 Å². The number of benzene rings is 1. The van der Waals surface area contributed by atoms with E-state index in [1.807, 2.05) is 30.3 Å². The number of nitrogens with one attached hydrogen (secondary N) is 2. The number of carbonyl (C=O) groups excluding carboxylic acids is 1. The number of aromatic nitrogens is 1. The van der Waals surface area contributed by atoms with Gasteiger partial charge in [-0.25, -0.2) is 0 Å². The Labute approximate surface area is 110 Å². The fourth-order valence-corrected chi connectivity index (χ4v) is 1.49. The van der Waals surface area contributed by atoms with E-state index in [0.29, 0.717) is 12.3 Å². The van der Waals surface area contributed by atoms with Crippen LogP contribution in [0.2, 0.25) is 0 Å². The number of rotatable bonds is 5. The number of anilines is 1. The Bertz CT molecular complexity index is 573. The minimum absolute atomic E-state index is 0.164. The summed E-state index contributed by atoms with van der Waals surface area (Å²) in [5, 5.41) is 2.67. The van der Waals surface area contributed by atoms with Gasteiger partial charge in [-0.3, -0.25) is 9.59 Å². The van der Waals surface area contributed by atoms with Gasteiger partial charge in [-0.1, -0.05) is 18.2 Å². The zero-order chi connectivity index (χ0) is 13.5. The summed E-state index contributed by atoms with van der Waals surface area (Å²) >= 11 is 0. The molecule has 0 radical (unpaired) electrons. The third-order valence-corrected chi connectivity index (χ3v) is 2.41. The third-order valence-electron chi connectivity index (χ3n) is 2.41. The first kappa shape index (κ1) is 12.9. The van der Waals surface area contributed by atoms with Gasteiger partial charge in [0.15, 0.2) is 0 Å². The van der Waals surface area contributed by atoms with E-state index in [4.69, 9.17) is 4.74 Å². The average Bonchev–Trinajstić information content (AvgIpc) is 2.43. The summed E-state index contributed by atoms with van der Waals surface area (Å²) in [6.45, 7) is 0.305. The summed E-state index contributed by atoms with van der Waals surface area (Å²) in [5.74, 6) is 0.572. The van der Waals surface area contributed by atoms with Crippen molar-refractivity contribution in [3.8, 4) is 5.75 Å². The molecule has 19 heavy (non-hydrogen) atoms. The number of carbonyl (C=O) groups is 1. The lowest BCUT2D eigenvalue weighted by Crippen LogP contribution is -2.16. The molecule has 1 amide bonds. The molecule has 1 heterocycles. The molecule has 2 aromatic rings. The van der Waals surface area contributed by atoms with Crippen molar-refractivity contribution in [2.45, 2.75) is 6.42 Å². The predicted molar refractivity (Wildman–Crippen MR) is 72.2 cm³/mol. The van der Waals surface area contributed by atoms with Crippen LogP contribution in [0.15, 0.2) is 53.5 Å². The average molecular weight is 258 g/mol. The Morgan fingerprint density at radius 3 is 2.63 bits per heavy atom. The van der Waals surface area contributed by atoms with E-state index in [2.05, 4.69) is 10.3 Å². The molecule has 5 nitrogen and oxygen atoms in total. The van der Waals surface area contributed by atoms with E-state index >= 15 is 0 Å². The van der Waals surface area contributed by atoms with Gasteiger partial charge in [-0.2, -0.15) is 0 Å². The second-order valence-corrected chi connectivity index (χ2v) is 3.90. The maximum atomic E-state index is 11.6. The smallest absolute Gasteiger partial charge is 0.248 e. The Balaban J connectivity index is 1.76. The maximum absolute atomic E-state index is 11.6. The quantitative estimate of drug-likeness (QED) is 0.858. The van der Waals surface area contributed by atoms with Crippen molar-refractivity contribution in [1.82, 2.24) is 4.98 Å². The van der Waals surface area contributed by atoms with Gasteiger partial charge in [0.05, 0.1) is 18.7 Å². The largest absolute Gasteiger partial charge is 0.493 e. The molecule has 1 aromatic carbocycles. The fraction of sp³-hybridized carbons (Fsp3) is 0.143. The monoisotopic (exact) mass is 258 g/mol. The van der Waals surface area contributed by atoms with Crippen LogP contribution in [0.25, 0.3) is 0 Å². The Morgan fingerprint density at radius 2 is 1.95 bits per heavy atom. The summed E-state index contributed by atoms with van der Waals surface area (Å²) < 4.78 is 5.41. The molecule has 0 bridgehead atoms. The molecule has 0 fully saturated rings. The molecule has 2 rings (SSSR count). The van der Waals surface area contributed by atoms with Crippen molar-refractivity contribution in [3.63, 3.8) is 0 Å². The number of para-hydroxylation sites is 1. The van der Waals surface area contributed by atoms with Crippen LogP contribution in [-0.2, 0) is 4.79 Å². The molecule has 1 aromatic heterocycles. The van der Waals surface area contributed by atoms with E-state index in [1.165, 1.54) is 12.3 Å². The second-order valence-electron chi connectivity index (χ2n) is 3.90. The van der Waals surface area contributed by atoms with Gasteiger partial charge in [0.25, 0.3) is 0 Å². The molecule has 0 aliphatic rings. The molecular weight excluding hydrogens is 244 g/mol. The Morgan fingerprint density at radius 1 is 1.16 bits per heavy atom. The lowest BCUT2D eigenvalue weighted by atomic mass is 10.3. The fourth-order valence-electron chi connectivity index (χ4n) is 1.49. The second kappa shape index (κ2) is 6.39. The summed E-state index contributed by atoms with van der Waals surface area (Å²) in [5.41, 5.74) is 0.356. The molecule has 0 spiro atoms. The molecule has 0 atom stereocenters. The molecule has 0 aliphatic carbocycles. The van der Waals surface area contributed by atoms with Gasteiger partial charge in [0.1, 0.15) is 5.75 Å². The zero-order valence-electron chi connectivity index (χ0n) is 10.3. The first-order chi connectivity index (χ1) is 9.24. The van der Waals surface area contributed by atoms with Gasteiger partial charge in [-0.05, 0) is 18.2 Å². The van der Waals surface area contributed by atoms with Gasteiger partial charge in [0, 0.05) is 12.3 Å². The highest BCUT2D eigenvalue weighted by molar-refractivity contribution is 5.90. The van der Waals surface area contributed by atoms with Crippen LogP contribution in [0.1, 0.15) is 6.42 Å². The minimum Gasteiger partial charge on any atom is -0.493 e. The van der Waals surface area contributed by atoms with Crippen LogP contribution in [-0.4, -0.2) is 17.5 Å². The lowest BCUT2D eigenvalue weighted by Gasteiger charge is -2.06. The summed E-state index contributed by atoms with van der Waals surface area (Å²) in [7, 11) is 0. The number of amides is 1. The van der Waals surface area contributed by atoms with Crippen molar-refractivity contribution < 1.29 is 9.53 Å². The molecule has 0 saturated heterocycles. The highest BCUT2D eigenvalue weighted by atomic mass is 16.5. The number of pyridine rings is 1. The minimum atomic E-state index is -0.203. The number of H-pyrrole nitrogens is 1. The molecule has 5 heteroatoms. The van der Waals surface area contributed by atoms with Crippen LogP contribution in [0.5, 0.6) is 5.75 Å². The normalized spacial score (nSPS) is 9.89. The highest BCUT2D eigenvalue weighted by Crippen LogP contribution is 2.08. The van der Waals surface area contributed by atoms with Gasteiger partial charge >= 0.3 is 0 Å². The summed E-state index contributed by atoms with van der Waals surface area (Å²) in [6, 6.07) is 12.2. The van der Waals surface area contributed by atoms with E-state index in [9.17, 15) is 9.59 Å². The molecule has 98 valence electrons. The first-order valence-electron chi connectivity index (χ1n) is 5.90. The van der Waals surface area contributed by atoms with Gasteiger partial charge in [0.2, 0.25) is 11.5 Å². The SMILES string of the molecule is O=C(CCOc1ccccc1)Nc1ccc(=O)[nH]c1. The van der Waals surface area contributed by atoms with Crippen molar-refractivity contribution >= 4 is 11.6 Å². The van der Waals surface area contributed by atoms with Crippen LogP contribution in [0.3, 0.4) is 0 Å². The predicted octanol–water partition coefficient (Wildman–Crippen LogP) is 1.78. The Kier molecular flexibility index (Phi) is 4.34. The number of hydrogen-bond donors (Lipinski definition) is 2. The first-order valence-corrected chi connectivity index (χ1v) is 5.90. The zero-order valence-corrected chi connectivity index (χ0v) is 10.3. The van der Waals surface area contributed by atoms with Crippen molar-refractivity contribution in [3.05, 3.63) is 59.0 Å². The van der Waals surface area contributed by atoms with Crippen LogP contribution < -0.4 is 15.6 Å². The van der Waals surface area contributed by atoms with E-state index in [1.54, 1.807) is 6.07 Å². The summed E-state index contributed by atoms with van der Waals surface area (Å²) in [6.07, 6.45) is 1.70. The highest BCUT2D eigenvalue weighted by Gasteiger charge is 2.02. The van der Waals surface area contributed by atoms with E-state index in [0.717, 1.165) is 5.75 Å². The third kappa shape index (κ3) is 4.31. The molecule has 2 N–H and O–H groups in total. The standard InChI is InChI=1S/C14H14N2O3/c17-13-7-6-11(10-15-13)16-14(18)8-9-19-12-4-2-1-3-5-12/h1-7,10H,8-9H2,(H,15,17)(H,16,18). The number of ether oxygens (including phenoxy) is 1. The molecule has 0 aliphatic heterocycles. The van der Waals surface area contributed by atoms with E-state index in [-0.39, 0.29) is 17.9 Å². The van der Waals surface area contributed by atoms with E-state index < -0.39 is 0 Å². The van der Waals surface area contributed by atoms with Crippen molar-refractivity contribution in [1.29, 1.82) is 0 Å². The number of hydrogen-bond acceptors (Lipinski definition) is 3. The lowest BCUT2D eigenvalue weighted by molar-refractivity contribution is -0.116. The van der Waals surface area contributed by atoms with Gasteiger partial charge in [-0.15, -0.1) is 0 Å². The maximum Gasteiger partial charge on any atom is 0.248 e. The van der Waals surface area contributed by atoms with Crippen molar-refractivity contribution in [2.75, 3.05) is 11.9 Å². The van der Waals surface area contributed by atoms with Crippen LogP contribution in [0.4, 0.5) is 5.69 Å². The molecular formula is C14H14N2O3. The molecule has 0 saturated carbocycles.